The van der Waals surface area contributed by atoms with E-state index in [1.807, 2.05) is 40.8 Å². The summed E-state index contributed by atoms with van der Waals surface area (Å²) in [5, 5.41) is 10.2. The molecule has 28 heavy (non-hydrogen) atoms. The Morgan fingerprint density at radius 1 is 1.00 bits per heavy atom. The van der Waals surface area contributed by atoms with E-state index in [-0.39, 0.29) is 11.1 Å². The Hall–Kier alpha value is -3.46. The van der Waals surface area contributed by atoms with Gasteiger partial charge in [0.05, 0.1) is 27.6 Å². The average molecular weight is 390 g/mol. The van der Waals surface area contributed by atoms with Crippen LogP contribution >= 0.6 is 11.8 Å². The van der Waals surface area contributed by atoms with Gasteiger partial charge in [-0.1, -0.05) is 36.0 Å². The van der Waals surface area contributed by atoms with Gasteiger partial charge in [-0.25, -0.2) is 4.98 Å². The van der Waals surface area contributed by atoms with E-state index in [0.29, 0.717) is 38.8 Å². The van der Waals surface area contributed by atoms with E-state index in [9.17, 15) is 9.59 Å². The van der Waals surface area contributed by atoms with Crippen molar-refractivity contribution < 1.29 is 0 Å². The van der Waals surface area contributed by atoms with Gasteiger partial charge in [0.1, 0.15) is 5.82 Å². The van der Waals surface area contributed by atoms with Crippen LogP contribution in [-0.4, -0.2) is 29.1 Å². The van der Waals surface area contributed by atoms with Gasteiger partial charge >= 0.3 is 0 Å². The van der Waals surface area contributed by atoms with Gasteiger partial charge < -0.3 is 4.98 Å². The highest BCUT2D eigenvalue weighted by atomic mass is 32.2. The van der Waals surface area contributed by atoms with Gasteiger partial charge in [-0.05, 0) is 24.3 Å². The van der Waals surface area contributed by atoms with E-state index in [2.05, 4.69) is 20.2 Å². The molecule has 138 valence electrons. The number of fused-ring (bicyclic) bond motifs is 4. The molecule has 2 aromatic carbocycles. The Balaban J connectivity index is 1.60. The molecule has 0 aliphatic carbocycles. The lowest BCUT2D eigenvalue weighted by atomic mass is 10.2. The zero-order chi connectivity index (χ0) is 19.3. The first kappa shape index (κ1) is 16.7. The summed E-state index contributed by atoms with van der Waals surface area (Å²) in [6, 6.07) is 14.6. The number of aromatic amines is 1. The van der Waals surface area contributed by atoms with Crippen LogP contribution in [0.4, 0.5) is 0 Å². The molecule has 0 aliphatic rings. The Labute approximate surface area is 161 Å². The largest absolute Gasteiger partial charge is 0.309 e. The molecule has 0 saturated heterocycles. The first-order valence-corrected chi connectivity index (χ1v) is 9.55. The zero-order valence-electron chi connectivity index (χ0n) is 14.8. The van der Waals surface area contributed by atoms with Crippen molar-refractivity contribution in [2.45, 2.75) is 10.9 Å². The maximum atomic E-state index is 12.5. The summed E-state index contributed by atoms with van der Waals surface area (Å²) < 4.78 is 3.33. The van der Waals surface area contributed by atoms with Crippen LogP contribution < -0.4 is 11.1 Å². The summed E-state index contributed by atoms with van der Waals surface area (Å²) in [5.41, 5.74) is 1.11. The van der Waals surface area contributed by atoms with Crippen molar-refractivity contribution in [3.63, 3.8) is 0 Å². The number of hydrogen-bond donors (Lipinski definition) is 1. The average Bonchev–Trinajstić information content (AvgIpc) is 3.15. The number of hydrogen-bond acceptors (Lipinski definition) is 6. The molecule has 0 aliphatic heterocycles. The minimum Gasteiger partial charge on any atom is -0.309 e. The fraction of sp³-hybridized carbons (Fsp3) is 0.105. The van der Waals surface area contributed by atoms with E-state index in [1.54, 1.807) is 19.2 Å². The molecular weight excluding hydrogens is 376 g/mol. The summed E-state index contributed by atoms with van der Waals surface area (Å²) in [7, 11) is 1.68. The van der Waals surface area contributed by atoms with Crippen LogP contribution in [0.5, 0.6) is 0 Å². The first-order chi connectivity index (χ1) is 13.6. The van der Waals surface area contributed by atoms with Gasteiger partial charge in [0.2, 0.25) is 5.78 Å². The monoisotopic (exact) mass is 390 g/mol. The normalized spacial score (nSPS) is 11.6. The zero-order valence-corrected chi connectivity index (χ0v) is 15.6. The van der Waals surface area contributed by atoms with Crippen molar-refractivity contribution >= 4 is 39.3 Å². The van der Waals surface area contributed by atoms with Crippen LogP contribution in [0, 0.1) is 0 Å². The second-order valence-electron chi connectivity index (χ2n) is 6.32. The molecule has 0 fully saturated rings. The lowest BCUT2D eigenvalue weighted by Crippen LogP contribution is -2.20. The standard InChI is InChI=1S/C19H14N6O2S/c1-24-17(27)12-7-3-5-9-14(12)25-18(24)22-23-19(25)28-10-15-20-13-8-4-2-6-11(13)16(26)21-15/h2-9H,10H2,1H3,(H,20,21,26). The summed E-state index contributed by atoms with van der Waals surface area (Å²) in [4.78, 5) is 32.1. The number of aryl methyl sites for hydroxylation is 1. The molecule has 0 saturated carbocycles. The third kappa shape index (κ3) is 2.51. The second-order valence-corrected chi connectivity index (χ2v) is 7.26. The van der Waals surface area contributed by atoms with E-state index >= 15 is 0 Å². The lowest BCUT2D eigenvalue weighted by molar-refractivity contribution is 0.853. The predicted octanol–water partition coefficient (Wildman–Crippen LogP) is 2.11. The molecule has 0 spiro atoms. The molecule has 1 N–H and O–H groups in total. The van der Waals surface area contributed by atoms with Crippen LogP contribution in [0.3, 0.4) is 0 Å². The van der Waals surface area contributed by atoms with Crippen LogP contribution in [0.25, 0.3) is 27.6 Å². The van der Waals surface area contributed by atoms with E-state index < -0.39 is 0 Å². The number of nitrogens with one attached hydrogen (secondary N) is 1. The van der Waals surface area contributed by atoms with Gasteiger partial charge in [0.25, 0.3) is 11.1 Å². The van der Waals surface area contributed by atoms with Crippen molar-refractivity contribution in [3.05, 3.63) is 75.1 Å². The van der Waals surface area contributed by atoms with Gasteiger partial charge in [-0.2, -0.15) is 0 Å². The number of benzene rings is 2. The highest BCUT2D eigenvalue weighted by molar-refractivity contribution is 7.98. The maximum absolute atomic E-state index is 12.5. The van der Waals surface area contributed by atoms with Crippen LogP contribution in [0.1, 0.15) is 5.82 Å². The fourth-order valence-electron chi connectivity index (χ4n) is 3.24. The van der Waals surface area contributed by atoms with Crippen LogP contribution in [0.15, 0.2) is 63.3 Å². The van der Waals surface area contributed by atoms with Gasteiger partial charge in [-0.3, -0.25) is 18.6 Å². The molecule has 5 aromatic rings. The molecule has 9 heteroatoms. The molecule has 0 radical (unpaired) electrons. The number of aromatic nitrogens is 6. The molecule has 5 rings (SSSR count). The molecule has 3 aromatic heterocycles. The Bertz CT molecular complexity index is 1480. The molecule has 0 atom stereocenters. The second kappa shape index (κ2) is 6.31. The SMILES string of the molecule is Cn1c(=O)c2ccccc2n2c(SCc3nc4ccccc4c(=O)[nH]3)nnc12. The lowest BCUT2D eigenvalue weighted by Gasteiger charge is -2.07. The number of H-pyrrole nitrogens is 1. The summed E-state index contributed by atoms with van der Waals surface area (Å²) >= 11 is 1.40. The number of nitrogens with zero attached hydrogens (tertiary/aromatic N) is 5. The van der Waals surface area contributed by atoms with Crippen molar-refractivity contribution in [2.75, 3.05) is 0 Å². The predicted molar refractivity (Wildman–Crippen MR) is 108 cm³/mol. The maximum Gasteiger partial charge on any atom is 0.262 e. The third-order valence-electron chi connectivity index (χ3n) is 4.60. The summed E-state index contributed by atoms with van der Waals surface area (Å²) in [6.07, 6.45) is 0. The third-order valence-corrected chi connectivity index (χ3v) is 5.54. The summed E-state index contributed by atoms with van der Waals surface area (Å²) in [5.74, 6) is 1.43. The minimum absolute atomic E-state index is 0.118. The van der Waals surface area contributed by atoms with Crippen molar-refractivity contribution in [1.29, 1.82) is 0 Å². The van der Waals surface area contributed by atoms with Crippen molar-refractivity contribution in [2.24, 2.45) is 7.05 Å². The van der Waals surface area contributed by atoms with Crippen molar-refractivity contribution in [3.8, 4) is 0 Å². The van der Waals surface area contributed by atoms with Crippen LogP contribution in [-0.2, 0) is 12.8 Å². The van der Waals surface area contributed by atoms with Gasteiger partial charge in [0.15, 0.2) is 5.16 Å². The molecule has 0 amide bonds. The number of para-hydroxylation sites is 2. The highest BCUT2D eigenvalue weighted by Gasteiger charge is 2.15. The van der Waals surface area contributed by atoms with E-state index in [0.717, 1.165) is 5.52 Å². The topological polar surface area (TPSA) is 97.9 Å². The molecule has 0 unspecified atom stereocenters. The Kier molecular flexibility index (Phi) is 3.76. The van der Waals surface area contributed by atoms with Gasteiger partial charge in [0, 0.05) is 7.05 Å². The Morgan fingerprint density at radius 2 is 1.75 bits per heavy atom. The number of rotatable bonds is 3. The minimum atomic E-state index is -0.167. The van der Waals surface area contributed by atoms with Crippen molar-refractivity contribution in [1.82, 2.24) is 29.1 Å². The van der Waals surface area contributed by atoms with Crippen LogP contribution in [0.2, 0.25) is 0 Å². The fourth-order valence-corrected chi connectivity index (χ4v) is 4.05. The molecule has 0 bridgehead atoms. The first-order valence-electron chi connectivity index (χ1n) is 8.57. The summed E-state index contributed by atoms with van der Waals surface area (Å²) in [6.45, 7) is 0. The molecular formula is C19H14N6O2S. The Morgan fingerprint density at radius 3 is 2.61 bits per heavy atom. The van der Waals surface area contributed by atoms with E-state index in [1.165, 1.54) is 16.3 Å². The van der Waals surface area contributed by atoms with E-state index in [4.69, 9.17) is 0 Å². The molecule has 3 heterocycles. The smallest absolute Gasteiger partial charge is 0.262 e. The highest BCUT2D eigenvalue weighted by Crippen LogP contribution is 2.23. The number of thioether (sulfide) groups is 1. The van der Waals surface area contributed by atoms with Gasteiger partial charge in [-0.15, -0.1) is 10.2 Å². The quantitative estimate of drug-likeness (QED) is 0.474. The molecule has 8 nitrogen and oxygen atoms in total.